The topological polar surface area (TPSA) is 24.4 Å². The van der Waals surface area contributed by atoms with Gasteiger partial charge in [0.1, 0.15) is 0 Å². The van der Waals surface area contributed by atoms with E-state index in [1.54, 1.807) is 0 Å². The standard InChI is InChI=1S/C22H17ClN2/c23-22-24-20(17-10-5-2-6-11-17)15-21(25-22)19-13-7-12-18(14-19)16-8-3-1-4-9-16/h1-15,22,25H. The predicted molar refractivity (Wildman–Crippen MR) is 106 cm³/mol. The fourth-order valence-electron chi connectivity index (χ4n) is 2.93. The van der Waals surface area contributed by atoms with Crippen LogP contribution in [0.5, 0.6) is 0 Å². The fourth-order valence-corrected chi connectivity index (χ4v) is 3.15. The van der Waals surface area contributed by atoms with Crippen LogP contribution in [0.1, 0.15) is 11.1 Å². The number of alkyl halides is 1. The lowest BCUT2D eigenvalue weighted by Gasteiger charge is -2.20. The first-order valence-electron chi connectivity index (χ1n) is 8.21. The number of hydrogen-bond acceptors (Lipinski definition) is 2. The lowest BCUT2D eigenvalue weighted by Crippen LogP contribution is -2.26. The second-order valence-corrected chi connectivity index (χ2v) is 6.28. The lowest BCUT2D eigenvalue weighted by molar-refractivity contribution is 0.819. The molecule has 1 unspecified atom stereocenters. The van der Waals surface area contributed by atoms with Crippen LogP contribution >= 0.6 is 11.6 Å². The van der Waals surface area contributed by atoms with Crippen molar-refractivity contribution in [2.75, 3.05) is 0 Å². The van der Waals surface area contributed by atoms with Gasteiger partial charge in [-0.05, 0) is 34.4 Å². The molecule has 0 amide bonds. The summed E-state index contributed by atoms with van der Waals surface area (Å²) in [6.07, 6.45) is 2.05. The molecule has 0 bridgehead atoms. The van der Waals surface area contributed by atoms with Crippen LogP contribution in [0.4, 0.5) is 0 Å². The van der Waals surface area contributed by atoms with Crippen molar-refractivity contribution >= 4 is 23.0 Å². The summed E-state index contributed by atoms with van der Waals surface area (Å²) >= 11 is 6.32. The number of aliphatic imine (C=N–C) groups is 1. The summed E-state index contributed by atoms with van der Waals surface area (Å²) in [4.78, 5) is 4.50. The zero-order chi connectivity index (χ0) is 17.1. The summed E-state index contributed by atoms with van der Waals surface area (Å²) < 4.78 is 0. The molecule has 2 nitrogen and oxygen atoms in total. The van der Waals surface area contributed by atoms with Crippen molar-refractivity contribution in [3.63, 3.8) is 0 Å². The van der Waals surface area contributed by atoms with E-state index in [4.69, 9.17) is 11.6 Å². The van der Waals surface area contributed by atoms with Crippen LogP contribution in [0.2, 0.25) is 0 Å². The van der Waals surface area contributed by atoms with Crippen molar-refractivity contribution in [1.82, 2.24) is 5.32 Å². The largest absolute Gasteiger partial charge is 0.351 e. The second kappa shape index (κ2) is 6.96. The Morgan fingerprint density at radius 3 is 2.00 bits per heavy atom. The molecule has 0 saturated heterocycles. The Balaban J connectivity index is 1.72. The molecule has 0 fully saturated rings. The van der Waals surface area contributed by atoms with Crippen LogP contribution in [-0.4, -0.2) is 11.3 Å². The maximum Gasteiger partial charge on any atom is 0.196 e. The molecule has 1 N–H and O–H groups in total. The van der Waals surface area contributed by atoms with Gasteiger partial charge in [0.2, 0.25) is 0 Å². The van der Waals surface area contributed by atoms with E-state index in [1.165, 1.54) is 11.1 Å². The van der Waals surface area contributed by atoms with E-state index in [1.807, 2.05) is 36.4 Å². The summed E-state index contributed by atoms with van der Waals surface area (Å²) in [6, 6.07) is 28.9. The van der Waals surface area contributed by atoms with Crippen LogP contribution < -0.4 is 5.32 Å². The SMILES string of the molecule is ClC1N=C(c2ccccc2)C=C(c2cccc(-c3ccccc3)c2)N1. The van der Waals surface area contributed by atoms with E-state index in [0.29, 0.717) is 0 Å². The average molecular weight is 345 g/mol. The molecule has 0 saturated carbocycles. The molecule has 3 aromatic rings. The molecule has 4 rings (SSSR count). The number of allylic oxidation sites excluding steroid dienone is 1. The van der Waals surface area contributed by atoms with Gasteiger partial charge in [-0.3, -0.25) is 0 Å². The van der Waals surface area contributed by atoms with E-state index in [0.717, 1.165) is 22.5 Å². The third-order valence-electron chi connectivity index (χ3n) is 4.16. The summed E-state index contributed by atoms with van der Waals surface area (Å²) in [5, 5.41) is 3.25. The van der Waals surface area contributed by atoms with Gasteiger partial charge >= 0.3 is 0 Å². The Morgan fingerprint density at radius 1 is 0.680 bits per heavy atom. The van der Waals surface area contributed by atoms with Crippen LogP contribution in [0.25, 0.3) is 16.8 Å². The number of rotatable bonds is 3. The molecule has 0 aliphatic carbocycles. The highest BCUT2D eigenvalue weighted by molar-refractivity contribution is 6.24. The maximum absolute atomic E-state index is 6.32. The molecule has 1 heterocycles. The first kappa shape index (κ1) is 15.7. The van der Waals surface area contributed by atoms with Gasteiger partial charge in [0.05, 0.1) is 5.71 Å². The van der Waals surface area contributed by atoms with Crippen molar-refractivity contribution in [2.24, 2.45) is 4.99 Å². The Kier molecular flexibility index (Phi) is 4.36. The van der Waals surface area contributed by atoms with E-state index in [9.17, 15) is 0 Å². The molecule has 1 atom stereocenters. The minimum absolute atomic E-state index is 0.476. The Hall–Kier alpha value is -2.84. The van der Waals surface area contributed by atoms with Crippen LogP contribution in [-0.2, 0) is 0 Å². The second-order valence-electron chi connectivity index (χ2n) is 5.87. The van der Waals surface area contributed by atoms with Crippen LogP contribution in [0, 0.1) is 0 Å². The van der Waals surface area contributed by atoms with Gasteiger partial charge in [-0.15, -0.1) is 0 Å². The van der Waals surface area contributed by atoms with E-state index >= 15 is 0 Å². The van der Waals surface area contributed by atoms with Gasteiger partial charge in [-0.1, -0.05) is 90.5 Å². The Labute approximate surface area is 152 Å². The highest BCUT2D eigenvalue weighted by Gasteiger charge is 2.16. The third kappa shape index (κ3) is 3.49. The lowest BCUT2D eigenvalue weighted by atomic mass is 10.00. The molecule has 0 radical (unpaired) electrons. The minimum Gasteiger partial charge on any atom is -0.351 e. The molecule has 122 valence electrons. The van der Waals surface area contributed by atoms with Crippen molar-refractivity contribution in [2.45, 2.75) is 5.62 Å². The first-order chi connectivity index (χ1) is 12.3. The third-order valence-corrected chi connectivity index (χ3v) is 4.37. The molecule has 0 aromatic heterocycles. The molecule has 3 heteroatoms. The molecule has 1 aliphatic rings. The van der Waals surface area contributed by atoms with E-state index in [2.05, 4.69) is 64.9 Å². The summed E-state index contributed by atoms with van der Waals surface area (Å²) in [5.41, 5.74) is 5.92. The number of benzene rings is 3. The van der Waals surface area contributed by atoms with Gasteiger partial charge in [0.25, 0.3) is 0 Å². The molecular weight excluding hydrogens is 328 g/mol. The minimum atomic E-state index is -0.476. The maximum atomic E-state index is 6.32. The van der Waals surface area contributed by atoms with Crippen molar-refractivity contribution in [3.05, 3.63) is 102 Å². The Morgan fingerprint density at radius 2 is 1.28 bits per heavy atom. The van der Waals surface area contributed by atoms with Gasteiger partial charge < -0.3 is 5.32 Å². The molecule has 25 heavy (non-hydrogen) atoms. The number of hydrogen-bond donors (Lipinski definition) is 1. The number of nitrogens with one attached hydrogen (secondary N) is 1. The first-order valence-corrected chi connectivity index (χ1v) is 8.65. The van der Waals surface area contributed by atoms with Crippen LogP contribution in [0.3, 0.4) is 0 Å². The van der Waals surface area contributed by atoms with Crippen molar-refractivity contribution in [3.8, 4) is 11.1 Å². The quantitative estimate of drug-likeness (QED) is 0.505. The van der Waals surface area contributed by atoms with Gasteiger partial charge in [0.15, 0.2) is 5.62 Å². The van der Waals surface area contributed by atoms with Gasteiger partial charge in [-0.25, -0.2) is 4.99 Å². The molecule has 3 aromatic carbocycles. The zero-order valence-corrected chi connectivity index (χ0v) is 14.3. The molecule has 0 spiro atoms. The Bertz CT molecular complexity index is 931. The monoisotopic (exact) mass is 344 g/mol. The summed E-state index contributed by atoms with van der Waals surface area (Å²) in [6.45, 7) is 0. The van der Waals surface area contributed by atoms with E-state index < -0.39 is 5.62 Å². The zero-order valence-electron chi connectivity index (χ0n) is 13.6. The molecule has 1 aliphatic heterocycles. The number of halogens is 1. The van der Waals surface area contributed by atoms with Gasteiger partial charge in [0, 0.05) is 5.70 Å². The predicted octanol–water partition coefficient (Wildman–Crippen LogP) is 5.31. The van der Waals surface area contributed by atoms with Crippen molar-refractivity contribution in [1.29, 1.82) is 0 Å². The van der Waals surface area contributed by atoms with Crippen molar-refractivity contribution < 1.29 is 0 Å². The summed E-state index contributed by atoms with van der Waals surface area (Å²) in [5.74, 6) is 0. The fraction of sp³-hybridized carbons (Fsp3) is 0.0455. The summed E-state index contributed by atoms with van der Waals surface area (Å²) in [7, 11) is 0. The van der Waals surface area contributed by atoms with Crippen LogP contribution in [0.15, 0.2) is 96.0 Å². The average Bonchev–Trinajstić information content (AvgIpc) is 2.69. The highest BCUT2D eigenvalue weighted by Crippen LogP contribution is 2.25. The normalized spacial score (nSPS) is 16.6. The highest BCUT2D eigenvalue weighted by atomic mass is 35.5. The molecular formula is C22H17ClN2. The van der Waals surface area contributed by atoms with E-state index in [-0.39, 0.29) is 0 Å². The smallest absolute Gasteiger partial charge is 0.196 e. The number of nitrogens with zero attached hydrogens (tertiary/aromatic N) is 1. The van der Waals surface area contributed by atoms with Gasteiger partial charge in [-0.2, -0.15) is 0 Å².